The summed E-state index contributed by atoms with van der Waals surface area (Å²) in [4.78, 5) is 21.7. The van der Waals surface area contributed by atoms with Crippen LogP contribution in [0.3, 0.4) is 0 Å². The normalized spacial score (nSPS) is 17.2. The third-order valence-corrected chi connectivity index (χ3v) is 6.59. The van der Waals surface area contributed by atoms with Crippen LogP contribution in [0.4, 0.5) is 0 Å². The zero-order chi connectivity index (χ0) is 21.0. The Kier molecular flexibility index (Phi) is 5.86. The zero-order valence-electron chi connectivity index (χ0n) is 17.3. The molecule has 1 aromatic heterocycles. The molecule has 2 aromatic carbocycles. The van der Waals surface area contributed by atoms with E-state index in [-0.39, 0.29) is 5.91 Å². The molecule has 0 atom stereocenters. The number of benzene rings is 2. The first kappa shape index (κ1) is 20.0. The number of rotatable bonds is 4. The van der Waals surface area contributed by atoms with Gasteiger partial charge in [0.25, 0.3) is 0 Å². The number of amides is 1. The first-order valence-electron chi connectivity index (χ1n) is 10.7. The molecule has 6 nitrogen and oxygen atoms in total. The van der Waals surface area contributed by atoms with E-state index < -0.39 is 0 Å². The fourth-order valence-corrected chi connectivity index (χ4v) is 4.87. The van der Waals surface area contributed by atoms with E-state index in [2.05, 4.69) is 23.1 Å². The molecule has 3 aromatic rings. The SMILES string of the molecule is O=C(/C=C/c1ccc2c(c1)OCCCO2)N1CCN(Cc2nc3ccccc3s2)CC1. The molecular weight excluding hydrogens is 410 g/mol. The molecule has 1 saturated heterocycles. The summed E-state index contributed by atoms with van der Waals surface area (Å²) in [5.74, 6) is 1.56. The smallest absolute Gasteiger partial charge is 0.246 e. The van der Waals surface area contributed by atoms with Crippen LogP contribution in [-0.2, 0) is 11.3 Å². The third kappa shape index (κ3) is 4.73. The number of para-hydroxylation sites is 1. The Morgan fingerprint density at radius 1 is 1.03 bits per heavy atom. The van der Waals surface area contributed by atoms with E-state index in [1.807, 2.05) is 35.2 Å². The third-order valence-electron chi connectivity index (χ3n) is 5.57. The minimum Gasteiger partial charge on any atom is -0.490 e. The molecule has 3 heterocycles. The summed E-state index contributed by atoms with van der Waals surface area (Å²) in [5.41, 5.74) is 2.00. The first-order chi connectivity index (χ1) is 15.2. The van der Waals surface area contributed by atoms with Gasteiger partial charge in [-0.2, -0.15) is 0 Å². The minimum absolute atomic E-state index is 0.0479. The van der Waals surface area contributed by atoms with Crippen molar-refractivity contribution in [2.45, 2.75) is 13.0 Å². The Morgan fingerprint density at radius 3 is 2.68 bits per heavy atom. The van der Waals surface area contributed by atoms with E-state index in [1.165, 1.54) is 4.70 Å². The number of carbonyl (C=O) groups excluding carboxylic acids is 1. The zero-order valence-corrected chi connectivity index (χ0v) is 18.1. The maximum absolute atomic E-state index is 12.7. The van der Waals surface area contributed by atoms with E-state index in [4.69, 9.17) is 14.5 Å². The topological polar surface area (TPSA) is 54.9 Å². The molecule has 160 valence electrons. The molecule has 0 spiro atoms. The van der Waals surface area contributed by atoms with E-state index in [0.717, 1.165) is 66.7 Å². The molecule has 31 heavy (non-hydrogen) atoms. The highest BCUT2D eigenvalue weighted by Gasteiger charge is 2.20. The fraction of sp³-hybridized carbons (Fsp3) is 0.333. The van der Waals surface area contributed by atoms with Gasteiger partial charge in [-0.05, 0) is 35.9 Å². The van der Waals surface area contributed by atoms with Gasteiger partial charge in [-0.3, -0.25) is 9.69 Å². The minimum atomic E-state index is 0.0479. The van der Waals surface area contributed by atoms with Crippen molar-refractivity contribution < 1.29 is 14.3 Å². The number of hydrogen-bond donors (Lipinski definition) is 0. The van der Waals surface area contributed by atoms with Crippen LogP contribution in [0.5, 0.6) is 11.5 Å². The van der Waals surface area contributed by atoms with Gasteiger partial charge in [0, 0.05) is 38.7 Å². The molecular formula is C24H25N3O3S. The Balaban J connectivity index is 1.15. The summed E-state index contributed by atoms with van der Waals surface area (Å²) < 4.78 is 12.6. The van der Waals surface area contributed by atoms with Crippen molar-refractivity contribution in [2.24, 2.45) is 0 Å². The van der Waals surface area contributed by atoms with Crippen LogP contribution < -0.4 is 9.47 Å². The number of hydrogen-bond acceptors (Lipinski definition) is 6. The van der Waals surface area contributed by atoms with Crippen LogP contribution in [0.1, 0.15) is 17.0 Å². The summed E-state index contributed by atoms with van der Waals surface area (Å²) in [7, 11) is 0. The molecule has 0 N–H and O–H groups in total. The van der Waals surface area contributed by atoms with Crippen LogP contribution in [-0.4, -0.2) is 60.1 Å². The molecule has 1 amide bonds. The number of carbonyl (C=O) groups is 1. The highest BCUT2D eigenvalue weighted by molar-refractivity contribution is 7.18. The largest absolute Gasteiger partial charge is 0.490 e. The van der Waals surface area contributed by atoms with E-state index in [0.29, 0.717) is 13.2 Å². The average molecular weight is 436 g/mol. The summed E-state index contributed by atoms with van der Waals surface area (Å²) in [6.07, 6.45) is 4.39. The van der Waals surface area contributed by atoms with Crippen LogP contribution in [0.2, 0.25) is 0 Å². The van der Waals surface area contributed by atoms with Gasteiger partial charge in [-0.25, -0.2) is 4.98 Å². The summed E-state index contributed by atoms with van der Waals surface area (Å²) >= 11 is 1.75. The molecule has 2 aliphatic rings. The molecule has 7 heteroatoms. The van der Waals surface area contributed by atoms with Crippen molar-refractivity contribution in [3.63, 3.8) is 0 Å². The Hall–Kier alpha value is -2.90. The lowest BCUT2D eigenvalue weighted by atomic mass is 10.2. The van der Waals surface area contributed by atoms with Gasteiger partial charge < -0.3 is 14.4 Å². The second-order valence-electron chi connectivity index (χ2n) is 7.77. The number of ether oxygens (including phenoxy) is 2. The monoisotopic (exact) mass is 435 g/mol. The number of aromatic nitrogens is 1. The lowest BCUT2D eigenvalue weighted by Gasteiger charge is -2.33. The maximum atomic E-state index is 12.7. The van der Waals surface area contributed by atoms with Crippen molar-refractivity contribution in [1.82, 2.24) is 14.8 Å². The summed E-state index contributed by atoms with van der Waals surface area (Å²) in [6, 6.07) is 14.0. The quantitative estimate of drug-likeness (QED) is 0.584. The van der Waals surface area contributed by atoms with Gasteiger partial charge >= 0.3 is 0 Å². The molecule has 0 saturated carbocycles. The number of fused-ring (bicyclic) bond motifs is 2. The number of thiazole rings is 1. The van der Waals surface area contributed by atoms with Gasteiger partial charge in [0.2, 0.25) is 5.91 Å². The second-order valence-corrected chi connectivity index (χ2v) is 8.88. The van der Waals surface area contributed by atoms with Crippen molar-refractivity contribution in [2.75, 3.05) is 39.4 Å². The van der Waals surface area contributed by atoms with Crippen molar-refractivity contribution in [3.05, 3.63) is 59.1 Å². The fourth-order valence-electron chi connectivity index (χ4n) is 3.86. The highest BCUT2D eigenvalue weighted by atomic mass is 32.1. The number of nitrogens with zero attached hydrogens (tertiary/aromatic N) is 3. The standard InChI is InChI=1S/C24H25N3O3S/c28-24(9-7-18-6-8-20-21(16-18)30-15-3-14-29-20)27-12-10-26(11-13-27)17-23-25-19-4-1-2-5-22(19)31-23/h1-2,4-9,16H,3,10-15,17H2/b9-7+. The van der Waals surface area contributed by atoms with E-state index >= 15 is 0 Å². The Labute approximate surface area is 185 Å². The van der Waals surface area contributed by atoms with Gasteiger partial charge in [-0.15, -0.1) is 11.3 Å². The van der Waals surface area contributed by atoms with Crippen molar-refractivity contribution in [1.29, 1.82) is 0 Å². The van der Waals surface area contributed by atoms with Crippen LogP contribution in [0, 0.1) is 0 Å². The summed E-state index contributed by atoms with van der Waals surface area (Å²) in [6.45, 7) is 5.35. The lowest BCUT2D eigenvalue weighted by Crippen LogP contribution is -2.47. The van der Waals surface area contributed by atoms with Crippen LogP contribution in [0.15, 0.2) is 48.5 Å². The second kappa shape index (κ2) is 9.08. The molecule has 0 aliphatic carbocycles. The first-order valence-corrected chi connectivity index (χ1v) is 11.5. The average Bonchev–Trinajstić information content (AvgIpc) is 3.06. The lowest BCUT2D eigenvalue weighted by molar-refractivity contribution is -0.127. The predicted octanol–water partition coefficient (Wildman–Crippen LogP) is 3.82. The van der Waals surface area contributed by atoms with Crippen molar-refractivity contribution in [3.8, 4) is 11.5 Å². The summed E-state index contributed by atoms with van der Waals surface area (Å²) in [5, 5.41) is 1.13. The van der Waals surface area contributed by atoms with Crippen LogP contribution >= 0.6 is 11.3 Å². The van der Waals surface area contributed by atoms with Crippen molar-refractivity contribution >= 4 is 33.5 Å². The molecule has 0 unspecified atom stereocenters. The molecule has 0 bridgehead atoms. The predicted molar refractivity (Wildman–Crippen MR) is 123 cm³/mol. The van der Waals surface area contributed by atoms with Crippen LogP contribution in [0.25, 0.3) is 16.3 Å². The van der Waals surface area contributed by atoms with Gasteiger partial charge in [-0.1, -0.05) is 18.2 Å². The Bertz CT molecular complexity index is 1070. The van der Waals surface area contributed by atoms with Gasteiger partial charge in [0.05, 0.1) is 30.0 Å². The van der Waals surface area contributed by atoms with E-state index in [1.54, 1.807) is 17.4 Å². The molecule has 2 aliphatic heterocycles. The Morgan fingerprint density at radius 2 is 1.84 bits per heavy atom. The molecule has 5 rings (SSSR count). The highest BCUT2D eigenvalue weighted by Crippen LogP contribution is 2.30. The number of piperazine rings is 1. The van der Waals surface area contributed by atoms with Gasteiger partial charge in [0.15, 0.2) is 11.5 Å². The van der Waals surface area contributed by atoms with Gasteiger partial charge in [0.1, 0.15) is 5.01 Å². The molecule has 1 fully saturated rings. The molecule has 0 radical (unpaired) electrons. The van der Waals surface area contributed by atoms with E-state index in [9.17, 15) is 4.79 Å². The maximum Gasteiger partial charge on any atom is 0.246 e.